The Morgan fingerprint density at radius 3 is 2.73 bits per heavy atom. The molecule has 0 amide bonds. The van der Waals surface area contributed by atoms with E-state index in [9.17, 15) is 18.9 Å². The molecule has 0 atom stereocenters. The fourth-order valence-corrected chi connectivity index (χ4v) is 2.14. The van der Waals surface area contributed by atoms with Crippen molar-refractivity contribution in [3.8, 4) is 0 Å². The average Bonchev–Trinajstić information content (AvgIpc) is 2.48. The van der Waals surface area contributed by atoms with Gasteiger partial charge in [-0.1, -0.05) is 6.07 Å². The van der Waals surface area contributed by atoms with Crippen molar-refractivity contribution in [2.24, 2.45) is 0 Å². The summed E-state index contributed by atoms with van der Waals surface area (Å²) in [5, 5.41) is 14.0. The molecule has 1 aromatic heterocycles. The maximum atomic E-state index is 13.7. The SMILES string of the molecule is O=[N+]([O-])c1cccc(Nc2ccnc3c(F)cc(F)cc23)c1. The minimum absolute atomic E-state index is 0.0248. The van der Waals surface area contributed by atoms with Gasteiger partial charge < -0.3 is 5.32 Å². The Morgan fingerprint density at radius 2 is 1.95 bits per heavy atom. The number of fused-ring (bicyclic) bond motifs is 1. The zero-order valence-electron chi connectivity index (χ0n) is 11.1. The van der Waals surface area contributed by atoms with Gasteiger partial charge in [0.2, 0.25) is 0 Å². The van der Waals surface area contributed by atoms with Crippen molar-refractivity contribution in [2.45, 2.75) is 0 Å². The maximum absolute atomic E-state index is 13.7. The van der Waals surface area contributed by atoms with Crippen LogP contribution in [0.25, 0.3) is 10.9 Å². The first-order chi connectivity index (χ1) is 10.5. The summed E-state index contributed by atoms with van der Waals surface area (Å²) >= 11 is 0. The predicted octanol–water partition coefficient (Wildman–Crippen LogP) is 4.16. The topological polar surface area (TPSA) is 68.1 Å². The van der Waals surface area contributed by atoms with Crippen LogP contribution >= 0.6 is 0 Å². The molecule has 0 aliphatic carbocycles. The Morgan fingerprint density at radius 1 is 1.14 bits per heavy atom. The van der Waals surface area contributed by atoms with E-state index in [-0.39, 0.29) is 16.6 Å². The minimum atomic E-state index is -0.766. The van der Waals surface area contributed by atoms with E-state index in [0.717, 1.165) is 12.1 Å². The van der Waals surface area contributed by atoms with Gasteiger partial charge in [0.15, 0.2) is 5.82 Å². The van der Waals surface area contributed by atoms with Gasteiger partial charge in [0, 0.05) is 41.2 Å². The lowest BCUT2D eigenvalue weighted by atomic mass is 10.1. The smallest absolute Gasteiger partial charge is 0.271 e. The zero-order valence-corrected chi connectivity index (χ0v) is 11.1. The number of aromatic nitrogens is 1. The number of nitrogens with one attached hydrogen (secondary N) is 1. The summed E-state index contributed by atoms with van der Waals surface area (Å²) in [6, 6.07) is 9.29. The van der Waals surface area contributed by atoms with Crippen LogP contribution in [0.2, 0.25) is 0 Å². The predicted molar refractivity (Wildman–Crippen MR) is 78.0 cm³/mol. The van der Waals surface area contributed by atoms with Gasteiger partial charge in [-0.3, -0.25) is 15.1 Å². The zero-order chi connectivity index (χ0) is 15.7. The molecule has 7 heteroatoms. The second-order valence-corrected chi connectivity index (χ2v) is 4.57. The lowest BCUT2D eigenvalue weighted by molar-refractivity contribution is -0.384. The Balaban J connectivity index is 2.08. The molecule has 0 bridgehead atoms. The Bertz CT molecular complexity index is 884. The summed E-state index contributed by atoms with van der Waals surface area (Å²) in [5.41, 5.74) is 0.785. The van der Waals surface area contributed by atoms with Crippen LogP contribution in [0.5, 0.6) is 0 Å². The minimum Gasteiger partial charge on any atom is -0.355 e. The van der Waals surface area contributed by atoms with E-state index in [1.165, 1.54) is 24.4 Å². The van der Waals surface area contributed by atoms with Crippen molar-refractivity contribution in [2.75, 3.05) is 5.32 Å². The highest BCUT2D eigenvalue weighted by molar-refractivity contribution is 5.93. The summed E-state index contributed by atoms with van der Waals surface area (Å²) in [4.78, 5) is 14.1. The van der Waals surface area contributed by atoms with Crippen molar-refractivity contribution in [1.29, 1.82) is 0 Å². The molecule has 5 nitrogen and oxygen atoms in total. The van der Waals surface area contributed by atoms with E-state index in [2.05, 4.69) is 10.3 Å². The van der Waals surface area contributed by atoms with Crippen molar-refractivity contribution >= 4 is 28.0 Å². The molecular formula is C15H9F2N3O2. The molecule has 110 valence electrons. The van der Waals surface area contributed by atoms with E-state index in [1.807, 2.05) is 0 Å². The first-order valence-electron chi connectivity index (χ1n) is 6.30. The molecule has 0 radical (unpaired) electrons. The van der Waals surface area contributed by atoms with Crippen LogP contribution in [0.4, 0.5) is 25.8 Å². The number of hydrogen-bond donors (Lipinski definition) is 1. The van der Waals surface area contributed by atoms with E-state index in [4.69, 9.17) is 0 Å². The molecule has 3 rings (SSSR count). The van der Waals surface area contributed by atoms with E-state index < -0.39 is 16.6 Å². The summed E-state index contributed by atoms with van der Waals surface area (Å²) in [6.45, 7) is 0. The fraction of sp³-hybridized carbons (Fsp3) is 0. The largest absolute Gasteiger partial charge is 0.355 e. The lowest BCUT2D eigenvalue weighted by Crippen LogP contribution is -1.96. The molecule has 0 unspecified atom stereocenters. The van der Waals surface area contributed by atoms with Crippen molar-refractivity contribution in [3.63, 3.8) is 0 Å². The van der Waals surface area contributed by atoms with Crippen molar-refractivity contribution in [3.05, 3.63) is 70.4 Å². The number of rotatable bonds is 3. The second kappa shape index (κ2) is 5.36. The van der Waals surface area contributed by atoms with Gasteiger partial charge in [-0.05, 0) is 18.2 Å². The van der Waals surface area contributed by atoms with Gasteiger partial charge in [0.05, 0.1) is 4.92 Å². The van der Waals surface area contributed by atoms with Crippen LogP contribution in [-0.2, 0) is 0 Å². The first-order valence-corrected chi connectivity index (χ1v) is 6.30. The average molecular weight is 301 g/mol. The number of benzene rings is 2. The Kier molecular flexibility index (Phi) is 3.38. The highest BCUT2D eigenvalue weighted by Gasteiger charge is 2.11. The Labute approximate surface area is 123 Å². The number of halogens is 2. The molecule has 0 spiro atoms. The monoisotopic (exact) mass is 301 g/mol. The standard InChI is InChI=1S/C15H9F2N3O2/c16-9-6-12-14(4-5-18-15(12)13(17)7-9)19-10-2-1-3-11(8-10)20(21)22/h1-8H,(H,18,19). The number of nitro benzene ring substituents is 1. The molecular weight excluding hydrogens is 292 g/mol. The van der Waals surface area contributed by atoms with Crippen LogP contribution in [0.1, 0.15) is 0 Å². The summed E-state index contributed by atoms with van der Waals surface area (Å²) in [5.74, 6) is -1.49. The molecule has 22 heavy (non-hydrogen) atoms. The third-order valence-corrected chi connectivity index (χ3v) is 3.10. The second-order valence-electron chi connectivity index (χ2n) is 4.57. The van der Waals surface area contributed by atoms with Crippen molar-refractivity contribution in [1.82, 2.24) is 4.98 Å². The van der Waals surface area contributed by atoms with E-state index in [1.54, 1.807) is 12.1 Å². The number of nitro groups is 1. The van der Waals surface area contributed by atoms with Crippen LogP contribution in [0.3, 0.4) is 0 Å². The molecule has 0 aliphatic rings. The van der Waals surface area contributed by atoms with Gasteiger partial charge in [-0.25, -0.2) is 8.78 Å². The summed E-state index contributed by atoms with van der Waals surface area (Å²) in [6.07, 6.45) is 1.38. The van der Waals surface area contributed by atoms with Crippen LogP contribution in [0, 0.1) is 21.7 Å². The van der Waals surface area contributed by atoms with E-state index >= 15 is 0 Å². The number of anilines is 2. The Hall–Kier alpha value is -3.09. The maximum Gasteiger partial charge on any atom is 0.271 e. The third kappa shape index (κ3) is 2.56. The molecule has 2 aromatic carbocycles. The van der Waals surface area contributed by atoms with Crippen LogP contribution in [0.15, 0.2) is 48.7 Å². The number of non-ortho nitro benzene ring substituents is 1. The molecule has 0 saturated heterocycles. The molecule has 1 heterocycles. The van der Waals surface area contributed by atoms with Gasteiger partial charge >= 0.3 is 0 Å². The lowest BCUT2D eigenvalue weighted by Gasteiger charge is -2.10. The number of hydrogen-bond acceptors (Lipinski definition) is 4. The normalized spacial score (nSPS) is 10.6. The molecule has 0 aliphatic heterocycles. The quantitative estimate of drug-likeness (QED) is 0.582. The van der Waals surface area contributed by atoms with Gasteiger partial charge in [-0.2, -0.15) is 0 Å². The van der Waals surface area contributed by atoms with Crippen LogP contribution in [-0.4, -0.2) is 9.91 Å². The highest BCUT2D eigenvalue weighted by atomic mass is 19.1. The summed E-state index contributed by atoms with van der Waals surface area (Å²) < 4.78 is 27.1. The van der Waals surface area contributed by atoms with Gasteiger partial charge in [0.1, 0.15) is 11.3 Å². The van der Waals surface area contributed by atoms with Crippen molar-refractivity contribution < 1.29 is 13.7 Å². The molecule has 0 fully saturated rings. The van der Waals surface area contributed by atoms with E-state index in [0.29, 0.717) is 11.4 Å². The summed E-state index contributed by atoms with van der Waals surface area (Å²) in [7, 11) is 0. The molecule has 0 saturated carbocycles. The first kappa shape index (κ1) is 13.9. The fourth-order valence-electron chi connectivity index (χ4n) is 2.14. The molecule has 1 N–H and O–H groups in total. The number of nitrogens with zero attached hydrogens (tertiary/aromatic N) is 2. The van der Waals surface area contributed by atoms with Crippen LogP contribution < -0.4 is 5.32 Å². The third-order valence-electron chi connectivity index (χ3n) is 3.10. The highest BCUT2D eigenvalue weighted by Crippen LogP contribution is 2.28. The molecule has 3 aromatic rings. The number of pyridine rings is 1. The van der Waals surface area contributed by atoms with Gasteiger partial charge in [0.25, 0.3) is 5.69 Å². The van der Waals surface area contributed by atoms with Gasteiger partial charge in [-0.15, -0.1) is 0 Å².